The van der Waals surface area contributed by atoms with Gasteiger partial charge in [0.25, 0.3) is 11.8 Å². The van der Waals surface area contributed by atoms with Gasteiger partial charge in [-0.3, -0.25) is 14.6 Å². The van der Waals surface area contributed by atoms with Crippen molar-refractivity contribution in [2.75, 3.05) is 19.7 Å². The summed E-state index contributed by atoms with van der Waals surface area (Å²) in [6.07, 6.45) is 6.45. The first-order valence-electron chi connectivity index (χ1n) is 12.9. The lowest BCUT2D eigenvalue weighted by Crippen LogP contribution is -2.52. The third kappa shape index (κ3) is 4.00. The number of rotatable bonds is 5. The molecule has 0 saturated carbocycles. The predicted octanol–water partition coefficient (Wildman–Crippen LogP) is 4.63. The van der Waals surface area contributed by atoms with Gasteiger partial charge in [0.2, 0.25) is 0 Å². The molecule has 2 aliphatic rings. The van der Waals surface area contributed by atoms with Crippen LogP contribution in [0.25, 0.3) is 10.9 Å². The SMILES string of the molecule is CCO[C@@H]1[C@@H](NC(=O)c2cccnc2)c2ccccc2C12CCN(C(=O)c1ccc3[nH]ccc3c1)CC2. The summed E-state index contributed by atoms with van der Waals surface area (Å²) in [7, 11) is 0. The van der Waals surface area contributed by atoms with E-state index in [9.17, 15) is 9.59 Å². The van der Waals surface area contributed by atoms with Crippen LogP contribution < -0.4 is 5.32 Å². The van der Waals surface area contributed by atoms with Crippen LogP contribution in [0.15, 0.2) is 79.3 Å². The van der Waals surface area contributed by atoms with E-state index in [2.05, 4.69) is 33.5 Å². The van der Waals surface area contributed by atoms with Crippen LogP contribution in [-0.2, 0) is 10.2 Å². The highest BCUT2D eigenvalue weighted by molar-refractivity contribution is 5.98. The topological polar surface area (TPSA) is 87.3 Å². The van der Waals surface area contributed by atoms with Crippen molar-refractivity contribution in [1.29, 1.82) is 0 Å². The van der Waals surface area contributed by atoms with Gasteiger partial charge >= 0.3 is 0 Å². The Labute approximate surface area is 215 Å². The molecule has 0 bridgehead atoms. The molecule has 188 valence electrons. The maximum Gasteiger partial charge on any atom is 0.253 e. The van der Waals surface area contributed by atoms with Crippen molar-refractivity contribution in [1.82, 2.24) is 20.2 Å². The molecule has 2 aromatic heterocycles. The molecule has 2 atom stereocenters. The third-order valence-electron chi connectivity index (χ3n) is 7.98. The zero-order valence-electron chi connectivity index (χ0n) is 20.8. The molecule has 4 aromatic rings. The second-order valence-corrected chi connectivity index (χ2v) is 9.88. The first-order chi connectivity index (χ1) is 18.1. The monoisotopic (exact) mass is 494 g/mol. The number of benzene rings is 2. The van der Waals surface area contributed by atoms with Gasteiger partial charge in [0.15, 0.2) is 0 Å². The quantitative estimate of drug-likeness (QED) is 0.424. The molecule has 3 heterocycles. The Bertz CT molecular complexity index is 1440. The number of H-pyrrole nitrogens is 1. The second-order valence-electron chi connectivity index (χ2n) is 9.88. The Morgan fingerprint density at radius 1 is 1.08 bits per heavy atom. The number of aromatic amines is 1. The minimum atomic E-state index is -0.277. The number of aromatic nitrogens is 2. The fourth-order valence-electron chi connectivity index (χ4n) is 6.20. The number of piperidine rings is 1. The number of ether oxygens (including phenoxy) is 1. The highest BCUT2D eigenvalue weighted by Crippen LogP contribution is 2.52. The second kappa shape index (κ2) is 9.48. The fraction of sp³-hybridized carbons (Fsp3) is 0.300. The number of hydrogen-bond acceptors (Lipinski definition) is 4. The number of pyridine rings is 1. The van der Waals surface area contributed by atoms with Gasteiger partial charge in [0, 0.05) is 60.2 Å². The van der Waals surface area contributed by atoms with Gasteiger partial charge in [-0.2, -0.15) is 0 Å². The van der Waals surface area contributed by atoms with Gasteiger partial charge in [-0.1, -0.05) is 24.3 Å². The normalized spacial score (nSPS) is 20.2. The maximum atomic E-state index is 13.4. The Morgan fingerprint density at radius 2 is 1.92 bits per heavy atom. The molecule has 0 unspecified atom stereocenters. The molecule has 37 heavy (non-hydrogen) atoms. The number of carbonyl (C=O) groups excluding carboxylic acids is 2. The molecule has 2 amide bonds. The van der Waals surface area contributed by atoms with Crippen LogP contribution >= 0.6 is 0 Å². The highest BCUT2D eigenvalue weighted by atomic mass is 16.5. The summed E-state index contributed by atoms with van der Waals surface area (Å²) in [4.78, 5) is 35.8. The Morgan fingerprint density at radius 3 is 2.70 bits per heavy atom. The van der Waals surface area contributed by atoms with Gasteiger partial charge in [-0.15, -0.1) is 0 Å². The number of hydrogen-bond donors (Lipinski definition) is 2. The van der Waals surface area contributed by atoms with Crippen LogP contribution in [0.2, 0.25) is 0 Å². The van der Waals surface area contributed by atoms with Crippen molar-refractivity contribution < 1.29 is 14.3 Å². The zero-order valence-corrected chi connectivity index (χ0v) is 20.8. The van der Waals surface area contributed by atoms with Crippen molar-refractivity contribution in [3.8, 4) is 0 Å². The van der Waals surface area contributed by atoms with Crippen LogP contribution in [0, 0.1) is 0 Å². The summed E-state index contributed by atoms with van der Waals surface area (Å²) in [5, 5.41) is 4.28. The summed E-state index contributed by atoms with van der Waals surface area (Å²) in [5.41, 5.74) is 4.28. The number of fused-ring (bicyclic) bond motifs is 3. The minimum absolute atomic E-state index is 0.0543. The van der Waals surface area contributed by atoms with E-state index in [1.54, 1.807) is 24.5 Å². The van der Waals surface area contributed by atoms with E-state index in [0.717, 1.165) is 29.3 Å². The van der Waals surface area contributed by atoms with E-state index in [1.165, 1.54) is 5.56 Å². The first-order valence-corrected chi connectivity index (χ1v) is 12.9. The molecule has 6 rings (SSSR count). The fourth-order valence-corrected chi connectivity index (χ4v) is 6.20. The maximum absolute atomic E-state index is 13.4. The van der Waals surface area contributed by atoms with Crippen LogP contribution in [0.3, 0.4) is 0 Å². The van der Waals surface area contributed by atoms with E-state index in [4.69, 9.17) is 4.74 Å². The largest absolute Gasteiger partial charge is 0.375 e. The zero-order chi connectivity index (χ0) is 25.4. The predicted molar refractivity (Wildman–Crippen MR) is 141 cm³/mol. The molecule has 2 aromatic carbocycles. The van der Waals surface area contributed by atoms with Crippen molar-refractivity contribution in [3.63, 3.8) is 0 Å². The molecule has 2 N–H and O–H groups in total. The molecule has 7 heteroatoms. The average molecular weight is 495 g/mol. The molecule has 1 fully saturated rings. The van der Waals surface area contributed by atoms with Crippen LogP contribution in [0.4, 0.5) is 0 Å². The van der Waals surface area contributed by atoms with E-state index < -0.39 is 0 Å². The number of nitrogens with zero attached hydrogens (tertiary/aromatic N) is 2. The number of likely N-dealkylation sites (tertiary alicyclic amines) is 1. The number of carbonyl (C=O) groups is 2. The smallest absolute Gasteiger partial charge is 0.253 e. The average Bonchev–Trinajstić information content (AvgIpc) is 3.51. The lowest BCUT2D eigenvalue weighted by Gasteiger charge is -2.44. The van der Waals surface area contributed by atoms with Gasteiger partial charge in [0.05, 0.1) is 17.7 Å². The number of amides is 2. The lowest BCUT2D eigenvalue weighted by molar-refractivity contribution is -0.0305. The summed E-state index contributed by atoms with van der Waals surface area (Å²) in [6, 6.07) is 19.4. The minimum Gasteiger partial charge on any atom is -0.375 e. The molecule has 7 nitrogen and oxygen atoms in total. The van der Waals surface area contributed by atoms with Gasteiger partial charge in [0.1, 0.15) is 0 Å². The molecule has 1 aliphatic heterocycles. The molecular weight excluding hydrogens is 464 g/mol. The lowest BCUT2D eigenvalue weighted by atomic mass is 9.71. The van der Waals surface area contributed by atoms with Crippen LogP contribution in [0.5, 0.6) is 0 Å². The molecule has 1 saturated heterocycles. The van der Waals surface area contributed by atoms with E-state index in [-0.39, 0.29) is 29.4 Å². The van der Waals surface area contributed by atoms with Crippen molar-refractivity contribution >= 4 is 22.7 Å². The van der Waals surface area contributed by atoms with Gasteiger partial charge in [-0.25, -0.2) is 0 Å². The molecular formula is C30H30N4O3. The van der Waals surface area contributed by atoms with Crippen molar-refractivity contribution in [3.05, 3.63) is 102 Å². The van der Waals surface area contributed by atoms with Crippen molar-refractivity contribution in [2.45, 2.75) is 37.3 Å². The molecule has 1 spiro atoms. The Hall–Kier alpha value is -3.97. The van der Waals surface area contributed by atoms with Crippen molar-refractivity contribution in [2.24, 2.45) is 0 Å². The van der Waals surface area contributed by atoms with Gasteiger partial charge in [-0.05, 0) is 67.3 Å². The van der Waals surface area contributed by atoms with E-state index >= 15 is 0 Å². The third-order valence-corrected chi connectivity index (χ3v) is 7.98. The molecule has 0 radical (unpaired) electrons. The summed E-state index contributed by atoms with van der Waals surface area (Å²) < 4.78 is 6.41. The highest BCUT2D eigenvalue weighted by Gasteiger charge is 2.54. The Kier molecular flexibility index (Phi) is 6.00. The van der Waals surface area contributed by atoms with Crippen LogP contribution in [-0.4, -0.2) is 52.5 Å². The van der Waals surface area contributed by atoms with Crippen LogP contribution in [0.1, 0.15) is 57.7 Å². The summed E-state index contributed by atoms with van der Waals surface area (Å²) in [5.74, 6) is -0.110. The number of nitrogens with one attached hydrogen (secondary N) is 2. The summed E-state index contributed by atoms with van der Waals surface area (Å²) in [6.45, 7) is 3.79. The Balaban J connectivity index is 1.27. The van der Waals surface area contributed by atoms with Gasteiger partial charge < -0.3 is 19.9 Å². The summed E-state index contributed by atoms with van der Waals surface area (Å²) >= 11 is 0. The standard InChI is InChI=1S/C30H30N4O3/c1-2-37-27-26(33-28(35)22-6-5-14-31-19-22)23-7-3-4-8-24(23)30(27)12-16-34(17-13-30)29(36)21-9-10-25-20(18-21)11-15-32-25/h3-11,14-15,18-19,26-27,32H,2,12-13,16-17H2,1H3,(H,33,35)/t26-,27+/m0/s1. The van der Waals surface area contributed by atoms with E-state index in [1.807, 2.05) is 48.4 Å². The first kappa shape index (κ1) is 23.4. The van der Waals surface area contributed by atoms with E-state index in [0.29, 0.717) is 30.8 Å². The molecule has 1 aliphatic carbocycles.